The summed E-state index contributed by atoms with van der Waals surface area (Å²) in [4.78, 5) is 6.46. The molecule has 102 valence electrons. The molecule has 0 aliphatic rings. The van der Waals surface area contributed by atoms with Gasteiger partial charge in [-0.2, -0.15) is 0 Å². The van der Waals surface area contributed by atoms with Gasteiger partial charge in [-0.1, -0.05) is 6.92 Å². The summed E-state index contributed by atoms with van der Waals surface area (Å²) in [5.74, 6) is 0. The van der Waals surface area contributed by atoms with E-state index in [0.29, 0.717) is 6.42 Å². The second-order valence-corrected chi connectivity index (χ2v) is 6.77. The normalized spacial score (nSPS) is 12.4. The maximum Gasteiger partial charge on any atom is 0.0957 e. The lowest BCUT2D eigenvalue weighted by Crippen LogP contribution is -2.16. The molecular weight excluding hydrogens is 324 g/mol. The first-order chi connectivity index (χ1) is 9.10. The van der Waals surface area contributed by atoms with Gasteiger partial charge in [-0.05, 0) is 51.5 Å². The molecule has 0 aromatic carbocycles. The van der Waals surface area contributed by atoms with Gasteiger partial charge in [0, 0.05) is 13.6 Å². The van der Waals surface area contributed by atoms with E-state index in [1.807, 2.05) is 32.3 Å². The van der Waals surface area contributed by atoms with E-state index in [2.05, 4.69) is 37.3 Å². The monoisotopic (exact) mass is 340 g/mol. The molecule has 0 spiro atoms. The van der Waals surface area contributed by atoms with Gasteiger partial charge in [0.2, 0.25) is 0 Å². The highest BCUT2D eigenvalue weighted by Gasteiger charge is 2.08. The van der Waals surface area contributed by atoms with Gasteiger partial charge >= 0.3 is 0 Å². The average Bonchev–Trinajstić information content (AvgIpc) is 2.83. The number of hydrogen-bond donors (Lipinski definition) is 1. The van der Waals surface area contributed by atoms with Crippen LogP contribution in [0, 0.1) is 0 Å². The number of halogens is 1. The summed E-state index contributed by atoms with van der Waals surface area (Å²) in [6.45, 7) is 2.79. The van der Waals surface area contributed by atoms with Gasteiger partial charge in [0.1, 0.15) is 0 Å². The number of aliphatic hydroxyl groups excluding tert-OH is 1. The topological polar surface area (TPSA) is 36.4 Å². The lowest BCUT2D eigenvalue weighted by Gasteiger charge is -2.19. The standard InChI is InChI=1S/C14H17BrN2OS/c1-3-13(18)12-5-4-11(7-16-12)17(2)8-10-6-14(15)19-9-10/h4-7,9,13,18H,3,8H2,1-2H3. The third-order valence-electron chi connectivity index (χ3n) is 2.98. The number of thiophene rings is 1. The van der Waals surface area contributed by atoms with Gasteiger partial charge in [0.25, 0.3) is 0 Å². The van der Waals surface area contributed by atoms with E-state index < -0.39 is 6.10 Å². The van der Waals surface area contributed by atoms with Crippen LogP contribution in [-0.4, -0.2) is 17.1 Å². The minimum Gasteiger partial charge on any atom is -0.387 e. The fourth-order valence-corrected chi connectivity index (χ4v) is 3.02. The van der Waals surface area contributed by atoms with Crippen LogP contribution >= 0.6 is 27.3 Å². The number of nitrogens with zero attached hydrogens (tertiary/aromatic N) is 2. The van der Waals surface area contributed by atoms with Crippen molar-refractivity contribution in [2.24, 2.45) is 0 Å². The summed E-state index contributed by atoms with van der Waals surface area (Å²) in [5, 5.41) is 11.9. The van der Waals surface area contributed by atoms with Crippen molar-refractivity contribution in [1.82, 2.24) is 4.98 Å². The van der Waals surface area contributed by atoms with Gasteiger partial charge in [-0.3, -0.25) is 4.98 Å². The van der Waals surface area contributed by atoms with E-state index in [-0.39, 0.29) is 0 Å². The minimum atomic E-state index is -0.466. The molecule has 0 aliphatic carbocycles. The molecule has 2 heterocycles. The molecule has 5 heteroatoms. The van der Waals surface area contributed by atoms with Crippen LogP contribution in [0.3, 0.4) is 0 Å². The fourth-order valence-electron chi connectivity index (χ4n) is 1.82. The van der Waals surface area contributed by atoms with Crippen molar-refractivity contribution < 1.29 is 5.11 Å². The van der Waals surface area contributed by atoms with Crippen molar-refractivity contribution >= 4 is 33.0 Å². The molecule has 19 heavy (non-hydrogen) atoms. The highest BCUT2D eigenvalue weighted by atomic mass is 79.9. The first kappa shape index (κ1) is 14.5. The van der Waals surface area contributed by atoms with Crippen molar-refractivity contribution in [3.05, 3.63) is 44.8 Å². The summed E-state index contributed by atoms with van der Waals surface area (Å²) < 4.78 is 1.15. The van der Waals surface area contributed by atoms with Gasteiger partial charge < -0.3 is 10.0 Å². The molecule has 0 saturated heterocycles. The molecule has 0 bridgehead atoms. The zero-order valence-corrected chi connectivity index (χ0v) is 13.4. The van der Waals surface area contributed by atoms with Crippen molar-refractivity contribution in [3.63, 3.8) is 0 Å². The summed E-state index contributed by atoms with van der Waals surface area (Å²) in [6.07, 6.45) is 2.04. The first-order valence-electron chi connectivity index (χ1n) is 6.18. The molecule has 1 N–H and O–H groups in total. The molecule has 0 saturated carbocycles. The molecule has 0 radical (unpaired) electrons. The van der Waals surface area contributed by atoms with Gasteiger partial charge in [-0.25, -0.2) is 0 Å². The van der Waals surface area contributed by atoms with Crippen LogP contribution in [0.25, 0.3) is 0 Å². The van der Waals surface area contributed by atoms with Gasteiger partial charge in [0.05, 0.1) is 27.5 Å². The molecule has 0 fully saturated rings. The van der Waals surface area contributed by atoms with Crippen molar-refractivity contribution in [1.29, 1.82) is 0 Å². The summed E-state index contributed by atoms with van der Waals surface area (Å²) >= 11 is 5.16. The predicted molar refractivity (Wildman–Crippen MR) is 83.6 cm³/mol. The maximum atomic E-state index is 9.72. The highest BCUT2D eigenvalue weighted by molar-refractivity contribution is 9.11. The Bertz CT molecular complexity index is 526. The Balaban J connectivity index is 2.05. The van der Waals surface area contributed by atoms with Crippen molar-refractivity contribution in [3.8, 4) is 0 Å². The molecule has 0 aliphatic heterocycles. The zero-order chi connectivity index (χ0) is 13.8. The van der Waals surface area contributed by atoms with E-state index in [4.69, 9.17) is 0 Å². The lowest BCUT2D eigenvalue weighted by atomic mass is 10.2. The summed E-state index contributed by atoms with van der Waals surface area (Å²) in [5.41, 5.74) is 3.06. The predicted octanol–water partition coefficient (Wildman–Crippen LogP) is 3.99. The number of pyridine rings is 1. The Kier molecular flexibility index (Phi) is 4.96. The molecule has 1 atom stereocenters. The van der Waals surface area contributed by atoms with E-state index in [9.17, 15) is 5.11 Å². The second kappa shape index (κ2) is 6.50. The van der Waals surface area contributed by atoms with Crippen LogP contribution in [-0.2, 0) is 6.54 Å². The van der Waals surface area contributed by atoms with Crippen molar-refractivity contribution in [2.45, 2.75) is 26.0 Å². The number of anilines is 1. The van der Waals surface area contributed by atoms with Crippen molar-refractivity contribution in [2.75, 3.05) is 11.9 Å². The van der Waals surface area contributed by atoms with E-state index in [0.717, 1.165) is 21.7 Å². The van der Waals surface area contributed by atoms with Crippen LogP contribution in [0.5, 0.6) is 0 Å². The fraction of sp³-hybridized carbons (Fsp3) is 0.357. The zero-order valence-electron chi connectivity index (χ0n) is 11.0. The Morgan fingerprint density at radius 3 is 2.79 bits per heavy atom. The SMILES string of the molecule is CCC(O)c1ccc(N(C)Cc2csc(Br)c2)cn1. The summed E-state index contributed by atoms with van der Waals surface area (Å²) in [6, 6.07) is 6.02. The van der Waals surface area contributed by atoms with Crippen LogP contribution < -0.4 is 4.90 Å². The Labute approximate surface area is 126 Å². The Hall–Kier alpha value is -0.910. The van der Waals surface area contributed by atoms with Crippen LogP contribution in [0.1, 0.15) is 30.7 Å². The molecule has 2 aromatic rings. The average molecular weight is 341 g/mol. The third kappa shape index (κ3) is 3.78. The summed E-state index contributed by atoms with van der Waals surface area (Å²) in [7, 11) is 2.04. The third-order valence-corrected chi connectivity index (χ3v) is 4.53. The molecule has 3 nitrogen and oxygen atoms in total. The number of aromatic nitrogens is 1. The molecular formula is C14H17BrN2OS. The number of rotatable bonds is 5. The molecule has 1 unspecified atom stereocenters. The van der Waals surface area contributed by atoms with Crippen LogP contribution in [0.4, 0.5) is 5.69 Å². The largest absolute Gasteiger partial charge is 0.387 e. The quantitative estimate of drug-likeness (QED) is 0.893. The highest BCUT2D eigenvalue weighted by Crippen LogP contribution is 2.23. The molecule has 2 rings (SSSR count). The minimum absolute atomic E-state index is 0.466. The first-order valence-corrected chi connectivity index (χ1v) is 7.85. The van der Waals surface area contributed by atoms with Gasteiger partial charge in [0.15, 0.2) is 0 Å². The van der Waals surface area contributed by atoms with E-state index >= 15 is 0 Å². The maximum absolute atomic E-state index is 9.72. The van der Waals surface area contributed by atoms with Crippen LogP contribution in [0.15, 0.2) is 33.6 Å². The van der Waals surface area contributed by atoms with E-state index in [1.54, 1.807) is 11.3 Å². The van der Waals surface area contributed by atoms with E-state index in [1.165, 1.54) is 5.56 Å². The number of hydrogen-bond acceptors (Lipinski definition) is 4. The van der Waals surface area contributed by atoms with Crippen LogP contribution in [0.2, 0.25) is 0 Å². The Morgan fingerprint density at radius 1 is 1.47 bits per heavy atom. The molecule has 0 amide bonds. The smallest absolute Gasteiger partial charge is 0.0957 e. The number of aliphatic hydroxyl groups is 1. The lowest BCUT2D eigenvalue weighted by molar-refractivity contribution is 0.169. The second-order valence-electron chi connectivity index (χ2n) is 4.48. The Morgan fingerprint density at radius 2 is 2.26 bits per heavy atom. The molecule has 2 aromatic heterocycles. The van der Waals surface area contributed by atoms with Gasteiger partial charge in [-0.15, -0.1) is 11.3 Å².